The second-order valence-corrected chi connectivity index (χ2v) is 5.55. The maximum atomic E-state index is 11.8. The number of benzene rings is 1. The number of imidazole rings is 1. The fourth-order valence-electron chi connectivity index (χ4n) is 1.92. The second kappa shape index (κ2) is 7.55. The van der Waals surface area contributed by atoms with E-state index in [1.54, 1.807) is 24.7 Å². The number of amides is 2. The van der Waals surface area contributed by atoms with Crippen molar-refractivity contribution < 1.29 is 9.59 Å². The maximum Gasteiger partial charge on any atom is 0.243 e. The molecule has 2 aromatic rings. The molecule has 1 atom stereocenters. The molecule has 0 saturated carbocycles. The zero-order chi connectivity index (χ0) is 16.8. The third kappa shape index (κ3) is 4.65. The van der Waals surface area contributed by atoms with Crippen LogP contribution < -0.4 is 16.4 Å². The van der Waals surface area contributed by atoms with Crippen LogP contribution in [0.1, 0.15) is 13.8 Å². The van der Waals surface area contributed by atoms with Crippen LogP contribution >= 0.6 is 0 Å². The lowest BCUT2D eigenvalue weighted by atomic mass is 10.1. The van der Waals surface area contributed by atoms with E-state index in [2.05, 4.69) is 15.6 Å². The van der Waals surface area contributed by atoms with Crippen molar-refractivity contribution in [3.63, 3.8) is 0 Å². The van der Waals surface area contributed by atoms with E-state index in [4.69, 9.17) is 5.73 Å². The number of anilines is 1. The maximum absolute atomic E-state index is 11.8. The zero-order valence-corrected chi connectivity index (χ0v) is 13.2. The number of carbonyl (C=O) groups is 2. The van der Waals surface area contributed by atoms with Crippen molar-refractivity contribution in [1.82, 2.24) is 14.9 Å². The highest BCUT2D eigenvalue weighted by Crippen LogP contribution is 2.12. The number of rotatable bonds is 6. The van der Waals surface area contributed by atoms with Gasteiger partial charge in [-0.05, 0) is 30.2 Å². The number of nitrogens with two attached hydrogens (primary N) is 1. The van der Waals surface area contributed by atoms with E-state index in [9.17, 15) is 9.59 Å². The molecule has 1 heterocycles. The van der Waals surface area contributed by atoms with Gasteiger partial charge in [-0.3, -0.25) is 9.59 Å². The minimum atomic E-state index is -0.614. The molecule has 0 aliphatic heterocycles. The molecule has 7 heteroatoms. The summed E-state index contributed by atoms with van der Waals surface area (Å²) in [4.78, 5) is 27.5. The summed E-state index contributed by atoms with van der Waals surface area (Å²) in [6, 6.07) is 6.69. The van der Waals surface area contributed by atoms with Crippen LogP contribution in [0.3, 0.4) is 0 Å². The lowest BCUT2D eigenvalue weighted by molar-refractivity contribution is -0.125. The van der Waals surface area contributed by atoms with E-state index >= 15 is 0 Å². The SMILES string of the molecule is CC(C)[C@H](N)C(=O)NCC(=O)Nc1ccc(-n2ccnc2)cc1. The number of nitrogens with zero attached hydrogens (tertiary/aromatic N) is 2. The van der Waals surface area contributed by atoms with Gasteiger partial charge in [0.15, 0.2) is 0 Å². The Kier molecular flexibility index (Phi) is 5.48. The molecule has 122 valence electrons. The Hall–Kier alpha value is -2.67. The molecule has 2 rings (SSSR count). The summed E-state index contributed by atoms with van der Waals surface area (Å²) in [6.45, 7) is 3.60. The van der Waals surface area contributed by atoms with Gasteiger partial charge in [-0.1, -0.05) is 13.8 Å². The summed E-state index contributed by atoms with van der Waals surface area (Å²) in [6.07, 6.45) is 5.22. The molecule has 0 fully saturated rings. The summed E-state index contributed by atoms with van der Waals surface area (Å²) in [5.41, 5.74) is 7.31. The van der Waals surface area contributed by atoms with Gasteiger partial charge in [0.1, 0.15) is 0 Å². The lowest BCUT2D eigenvalue weighted by Crippen LogP contribution is -2.46. The van der Waals surface area contributed by atoms with Gasteiger partial charge in [0.2, 0.25) is 11.8 Å². The minimum absolute atomic E-state index is 0.0220. The number of aromatic nitrogens is 2. The molecule has 23 heavy (non-hydrogen) atoms. The van der Waals surface area contributed by atoms with Crippen LogP contribution in [-0.4, -0.2) is 34.0 Å². The molecule has 0 aliphatic rings. The predicted molar refractivity (Wildman–Crippen MR) is 88.0 cm³/mol. The highest BCUT2D eigenvalue weighted by molar-refractivity contribution is 5.95. The van der Waals surface area contributed by atoms with E-state index in [-0.39, 0.29) is 24.3 Å². The van der Waals surface area contributed by atoms with Crippen LogP contribution in [0, 0.1) is 5.92 Å². The molecule has 0 radical (unpaired) electrons. The van der Waals surface area contributed by atoms with E-state index < -0.39 is 6.04 Å². The van der Waals surface area contributed by atoms with Crippen LogP contribution in [0.5, 0.6) is 0 Å². The van der Waals surface area contributed by atoms with Crippen molar-refractivity contribution in [2.75, 3.05) is 11.9 Å². The van der Waals surface area contributed by atoms with E-state index in [0.717, 1.165) is 5.69 Å². The summed E-state index contributed by atoms with van der Waals surface area (Å²) in [5.74, 6) is -0.607. The molecule has 4 N–H and O–H groups in total. The highest BCUT2D eigenvalue weighted by Gasteiger charge is 2.17. The van der Waals surface area contributed by atoms with Gasteiger partial charge in [-0.2, -0.15) is 0 Å². The first-order valence-corrected chi connectivity index (χ1v) is 7.39. The summed E-state index contributed by atoms with van der Waals surface area (Å²) in [5, 5.41) is 5.25. The lowest BCUT2D eigenvalue weighted by Gasteiger charge is -2.15. The van der Waals surface area contributed by atoms with E-state index in [0.29, 0.717) is 5.69 Å². The van der Waals surface area contributed by atoms with Crippen LogP contribution in [-0.2, 0) is 9.59 Å². The van der Waals surface area contributed by atoms with Crippen LogP contribution in [0.15, 0.2) is 43.0 Å². The molecule has 1 aromatic heterocycles. The molecular formula is C16H21N5O2. The minimum Gasteiger partial charge on any atom is -0.346 e. The summed E-state index contributed by atoms with van der Waals surface area (Å²) < 4.78 is 1.86. The molecule has 2 amide bonds. The fraction of sp³-hybridized carbons (Fsp3) is 0.312. The first kappa shape index (κ1) is 16.7. The topological polar surface area (TPSA) is 102 Å². The zero-order valence-electron chi connectivity index (χ0n) is 13.2. The average Bonchev–Trinajstić information content (AvgIpc) is 3.07. The third-order valence-electron chi connectivity index (χ3n) is 3.40. The molecule has 7 nitrogen and oxygen atoms in total. The monoisotopic (exact) mass is 315 g/mol. The van der Waals surface area contributed by atoms with Crippen LogP contribution in [0.25, 0.3) is 5.69 Å². The fourth-order valence-corrected chi connectivity index (χ4v) is 1.92. The van der Waals surface area contributed by atoms with E-state index in [1.807, 2.05) is 36.7 Å². The third-order valence-corrected chi connectivity index (χ3v) is 3.40. The normalized spacial score (nSPS) is 12.0. The number of nitrogens with one attached hydrogen (secondary N) is 2. The molecule has 0 aliphatic carbocycles. The molecule has 0 unspecified atom stereocenters. The number of hydrogen-bond acceptors (Lipinski definition) is 4. The van der Waals surface area contributed by atoms with Gasteiger partial charge in [-0.25, -0.2) is 4.98 Å². The van der Waals surface area contributed by atoms with Gasteiger partial charge in [0.05, 0.1) is 18.9 Å². The average molecular weight is 315 g/mol. The van der Waals surface area contributed by atoms with Crippen molar-refractivity contribution in [2.45, 2.75) is 19.9 Å². The van der Waals surface area contributed by atoms with Gasteiger partial charge in [0.25, 0.3) is 0 Å². The predicted octanol–water partition coefficient (Wildman–Crippen LogP) is 0.910. The Labute approximate surface area is 134 Å². The van der Waals surface area contributed by atoms with Crippen molar-refractivity contribution >= 4 is 17.5 Å². The second-order valence-electron chi connectivity index (χ2n) is 5.55. The Morgan fingerprint density at radius 3 is 2.52 bits per heavy atom. The Morgan fingerprint density at radius 2 is 1.96 bits per heavy atom. The van der Waals surface area contributed by atoms with Gasteiger partial charge in [-0.15, -0.1) is 0 Å². The molecule has 0 spiro atoms. The van der Waals surface area contributed by atoms with Crippen molar-refractivity contribution in [3.05, 3.63) is 43.0 Å². The molecular weight excluding hydrogens is 294 g/mol. The highest BCUT2D eigenvalue weighted by atomic mass is 16.2. The van der Waals surface area contributed by atoms with Crippen molar-refractivity contribution in [3.8, 4) is 5.69 Å². The molecule has 0 saturated heterocycles. The van der Waals surface area contributed by atoms with E-state index in [1.165, 1.54) is 0 Å². The standard InChI is InChI=1S/C16H21N5O2/c1-11(2)15(17)16(23)19-9-14(22)20-12-3-5-13(6-4-12)21-8-7-18-10-21/h3-8,10-11,15H,9,17H2,1-2H3,(H,19,23)(H,20,22)/t15-/m0/s1. The Balaban J connectivity index is 1.85. The molecule has 0 bridgehead atoms. The van der Waals surface area contributed by atoms with Gasteiger partial charge < -0.3 is 20.9 Å². The van der Waals surface area contributed by atoms with Crippen molar-refractivity contribution in [1.29, 1.82) is 0 Å². The molecule has 1 aromatic carbocycles. The first-order valence-electron chi connectivity index (χ1n) is 7.39. The van der Waals surface area contributed by atoms with Crippen molar-refractivity contribution in [2.24, 2.45) is 11.7 Å². The van der Waals surface area contributed by atoms with Crippen LogP contribution in [0.4, 0.5) is 5.69 Å². The van der Waals surface area contributed by atoms with Gasteiger partial charge >= 0.3 is 0 Å². The number of carbonyl (C=O) groups excluding carboxylic acids is 2. The Bertz CT molecular complexity index is 650. The summed E-state index contributed by atoms with van der Waals surface area (Å²) >= 11 is 0. The summed E-state index contributed by atoms with van der Waals surface area (Å²) in [7, 11) is 0. The Morgan fingerprint density at radius 1 is 1.26 bits per heavy atom. The smallest absolute Gasteiger partial charge is 0.243 e. The largest absolute Gasteiger partial charge is 0.346 e. The number of hydrogen-bond donors (Lipinski definition) is 3. The first-order chi connectivity index (χ1) is 11.0. The van der Waals surface area contributed by atoms with Crippen LogP contribution in [0.2, 0.25) is 0 Å². The van der Waals surface area contributed by atoms with Gasteiger partial charge in [0, 0.05) is 23.8 Å². The quantitative estimate of drug-likeness (QED) is 0.737.